The number of fused-ring (bicyclic) bond motifs is 1. The van der Waals surface area contributed by atoms with Crippen LogP contribution in [0.25, 0.3) is 11.4 Å². The quantitative estimate of drug-likeness (QED) is 0.934. The number of rotatable bonds is 4. The number of thioether (sulfide) groups is 1. The van der Waals surface area contributed by atoms with E-state index in [1.54, 1.807) is 0 Å². The van der Waals surface area contributed by atoms with E-state index in [1.165, 1.54) is 5.56 Å². The summed E-state index contributed by atoms with van der Waals surface area (Å²) in [4.78, 5) is 9.38. The Balaban J connectivity index is 2.11. The molecule has 0 aliphatic carbocycles. The number of hydrogen-bond acceptors (Lipinski definition) is 5. The van der Waals surface area contributed by atoms with Gasteiger partial charge in [0.1, 0.15) is 11.6 Å². The van der Waals surface area contributed by atoms with Crippen molar-refractivity contribution >= 4 is 17.6 Å². The first-order chi connectivity index (χ1) is 9.83. The lowest BCUT2D eigenvalue weighted by molar-refractivity contribution is 0.341. The van der Waals surface area contributed by atoms with Gasteiger partial charge in [-0.15, -0.1) is 0 Å². The van der Waals surface area contributed by atoms with Gasteiger partial charge in [-0.1, -0.05) is 12.1 Å². The summed E-state index contributed by atoms with van der Waals surface area (Å²) in [5, 5.41) is 3.18. The summed E-state index contributed by atoms with van der Waals surface area (Å²) in [6.45, 7) is 2.62. The van der Waals surface area contributed by atoms with E-state index in [2.05, 4.69) is 10.3 Å². The van der Waals surface area contributed by atoms with Gasteiger partial charge in [-0.25, -0.2) is 9.97 Å². The summed E-state index contributed by atoms with van der Waals surface area (Å²) >= 11 is 1.88. The highest BCUT2D eigenvalue weighted by molar-refractivity contribution is 7.98. The molecule has 1 aromatic heterocycles. The fraction of sp³-hybridized carbons (Fsp3) is 0.333. The Labute approximate surface area is 123 Å². The summed E-state index contributed by atoms with van der Waals surface area (Å²) in [5.41, 5.74) is 3.32. The highest BCUT2D eigenvalue weighted by atomic mass is 32.2. The fourth-order valence-corrected chi connectivity index (χ4v) is 3.35. The van der Waals surface area contributed by atoms with E-state index < -0.39 is 0 Å². The minimum Gasteiger partial charge on any atom is -0.493 e. The van der Waals surface area contributed by atoms with Crippen molar-refractivity contribution in [2.24, 2.45) is 0 Å². The summed E-state index contributed by atoms with van der Waals surface area (Å²) in [7, 11) is 1.91. The first kappa shape index (κ1) is 13.2. The normalized spacial score (nSPS) is 13.1. The number of hydrogen-bond donors (Lipinski definition) is 1. The van der Waals surface area contributed by atoms with Gasteiger partial charge >= 0.3 is 0 Å². The molecule has 20 heavy (non-hydrogen) atoms. The molecular weight excluding hydrogens is 270 g/mol. The SMILES string of the molecule is CCOc1ccccc1-c1nc2c(c(NC)n1)CSC2. The molecule has 1 aliphatic heterocycles. The first-order valence-corrected chi connectivity index (χ1v) is 7.86. The second kappa shape index (κ2) is 5.71. The van der Waals surface area contributed by atoms with Crippen LogP contribution in [0.5, 0.6) is 5.75 Å². The van der Waals surface area contributed by atoms with Crippen LogP contribution in [0.1, 0.15) is 18.2 Å². The Bertz CT molecular complexity index is 631. The molecule has 5 heteroatoms. The Morgan fingerprint density at radius 1 is 1.25 bits per heavy atom. The van der Waals surface area contributed by atoms with Gasteiger partial charge in [0.25, 0.3) is 0 Å². The van der Waals surface area contributed by atoms with Crippen molar-refractivity contribution in [1.29, 1.82) is 0 Å². The van der Waals surface area contributed by atoms with Crippen molar-refractivity contribution in [2.75, 3.05) is 19.0 Å². The maximum absolute atomic E-state index is 5.68. The first-order valence-electron chi connectivity index (χ1n) is 6.71. The minimum absolute atomic E-state index is 0.636. The van der Waals surface area contributed by atoms with Crippen LogP contribution in [-0.2, 0) is 11.5 Å². The van der Waals surface area contributed by atoms with Crippen molar-refractivity contribution in [1.82, 2.24) is 9.97 Å². The topological polar surface area (TPSA) is 47.0 Å². The second-order valence-electron chi connectivity index (χ2n) is 4.49. The van der Waals surface area contributed by atoms with Gasteiger partial charge < -0.3 is 10.1 Å². The van der Waals surface area contributed by atoms with Crippen LogP contribution in [0.3, 0.4) is 0 Å². The zero-order chi connectivity index (χ0) is 13.9. The van der Waals surface area contributed by atoms with E-state index in [9.17, 15) is 0 Å². The Morgan fingerprint density at radius 3 is 2.90 bits per heavy atom. The molecule has 1 aromatic carbocycles. The molecule has 1 N–H and O–H groups in total. The van der Waals surface area contributed by atoms with Gasteiger partial charge in [0.05, 0.1) is 17.9 Å². The zero-order valence-corrected chi connectivity index (χ0v) is 12.5. The van der Waals surface area contributed by atoms with Crippen molar-refractivity contribution in [3.8, 4) is 17.1 Å². The smallest absolute Gasteiger partial charge is 0.165 e. The molecule has 0 amide bonds. The van der Waals surface area contributed by atoms with Gasteiger partial charge in [-0.2, -0.15) is 11.8 Å². The number of para-hydroxylation sites is 1. The van der Waals surface area contributed by atoms with E-state index >= 15 is 0 Å². The Morgan fingerprint density at radius 2 is 2.10 bits per heavy atom. The lowest BCUT2D eigenvalue weighted by Crippen LogP contribution is -2.04. The molecule has 0 saturated carbocycles. The van der Waals surface area contributed by atoms with Crippen LogP contribution in [0, 0.1) is 0 Å². The highest BCUT2D eigenvalue weighted by Crippen LogP contribution is 2.36. The van der Waals surface area contributed by atoms with Crippen LogP contribution >= 0.6 is 11.8 Å². The zero-order valence-electron chi connectivity index (χ0n) is 11.6. The van der Waals surface area contributed by atoms with Gasteiger partial charge in [-0.3, -0.25) is 0 Å². The lowest BCUT2D eigenvalue weighted by atomic mass is 10.1. The molecule has 0 fully saturated rings. The molecule has 0 spiro atoms. The molecular formula is C15H17N3OS. The van der Waals surface area contributed by atoms with E-state index in [-0.39, 0.29) is 0 Å². The van der Waals surface area contributed by atoms with Crippen molar-refractivity contribution in [2.45, 2.75) is 18.4 Å². The highest BCUT2D eigenvalue weighted by Gasteiger charge is 2.20. The molecule has 0 atom stereocenters. The predicted molar refractivity (Wildman–Crippen MR) is 83.2 cm³/mol. The Hall–Kier alpha value is -1.75. The summed E-state index contributed by atoms with van der Waals surface area (Å²) in [6, 6.07) is 7.93. The van der Waals surface area contributed by atoms with E-state index in [0.717, 1.165) is 40.2 Å². The molecule has 1 aliphatic rings. The number of nitrogens with zero attached hydrogens (tertiary/aromatic N) is 2. The molecule has 3 rings (SSSR count). The Kier molecular flexibility index (Phi) is 3.78. The molecule has 0 saturated heterocycles. The van der Waals surface area contributed by atoms with Gasteiger partial charge in [0, 0.05) is 24.1 Å². The van der Waals surface area contributed by atoms with Crippen molar-refractivity contribution < 1.29 is 4.74 Å². The minimum atomic E-state index is 0.636. The second-order valence-corrected chi connectivity index (χ2v) is 5.48. The monoisotopic (exact) mass is 287 g/mol. The van der Waals surface area contributed by atoms with Crippen molar-refractivity contribution in [3.63, 3.8) is 0 Å². The summed E-state index contributed by atoms with van der Waals surface area (Å²) < 4.78 is 5.68. The van der Waals surface area contributed by atoms with Crippen LogP contribution in [0.15, 0.2) is 24.3 Å². The number of benzene rings is 1. The van der Waals surface area contributed by atoms with E-state index in [1.807, 2.05) is 50.0 Å². The molecule has 2 aromatic rings. The predicted octanol–water partition coefficient (Wildman–Crippen LogP) is 3.33. The number of ether oxygens (including phenoxy) is 1. The van der Waals surface area contributed by atoms with Gasteiger partial charge in [0.2, 0.25) is 0 Å². The van der Waals surface area contributed by atoms with Gasteiger partial charge in [0.15, 0.2) is 5.82 Å². The number of nitrogens with one attached hydrogen (secondary N) is 1. The lowest BCUT2D eigenvalue weighted by Gasteiger charge is -2.12. The number of anilines is 1. The van der Waals surface area contributed by atoms with Gasteiger partial charge in [-0.05, 0) is 19.1 Å². The average Bonchev–Trinajstić information content (AvgIpc) is 2.95. The summed E-state index contributed by atoms with van der Waals surface area (Å²) in [5.74, 6) is 4.44. The molecule has 2 heterocycles. The average molecular weight is 287 g/mol. The number of aromatic nitrogens is 2. The maximum Gasteiger partial charge on any atom is 0.165 e. The standard InChI is InChI=1S/C15H17N3OS/c1-3-19-13-7-5-4-6-10(13)15-17-12-9-20-8-11(12)14(16-2)18-15/h4-7H,3,8-9H2,1-2H3,(H,16,17,18). The summed E-state index contributed by atoms with van der Waals surface area (Å²) in [6.07, 6.45) is 0. The third kappa shape index (κ3) is 2.33. The molecule has 4 nitrogen and oxygen atoms in total. The molecule has 0 bridgehead atoms. The van der Waals surface area contributed by atoms with E-state index in [4.69, 9.17) is 9.72 Å². The molecule has 104 valence electrons. The van der Waals surface area contributed by atoms with Crippen LogP contribution < -0.4 is 10.1 Å². The largest absolute Gasteiger partial charge is 0.493 e. The van der Waals surface area contributed by atoms with Crippen LogP contribution in [0.2, 0.25) is 0 Å². The third-order valence-electron chi connectivity index (χ3n) is 3.24. The molecule has 0 radical (unpaired) electrons. The van der Waals surface area contributed by atoms with E-state index in [0.29, 0.717) is 6.61 Å². The van der Waals surface area contributed by atoms with Crippen LogP contribution in [0.4, 0.5) is 5.82 Å². The third-order valence-corrected chi connectivity index (χ3v) is 4.21. The maximum atomic E-state index is 5.68. The van der Waals surface area contributed by atoms with Crippen molar-refractivity contribution in [3.05, 3.63) is 35.5 Å². The molecule has 0 unspecified atom stereocenters. The fourth-order valence-electron chi connectivity index (χ4n) is 2.31. The van der Waals surface area contributed by atoms with Crippen LogP contribution in [-0.4, -0.2) is 23.6 Å².